The van der Waals surface area contributed by atoms with Crippen molar-refractivity contribution in [2.75, 3.05) is 7.05 Å². The number of hydrogen-bond donors (Lipinski definition) is 1. The van der Waals surface area contributed by atoms with Crippen LogP contribution in [-0.4, -0.2) is 24.8 Å². The fourth-order valence-electron chi connectivity index (χ4n) is 2.02. The number of pyridine rings is 1. The molecule has 2 aromatic rings. The summed E-state index contributed by atoms with van der Waals surface area (Å²) >= 11 is 0. The van der Waals surface area contributed by atoms with Gasteiger partial charge in [0.25, 0.3) is 0 Å². The Labute approximate surface area is 124 Å². The average molecular weight is 306 g/mol. The predicted molar refractivity (Wildman–Crippen MR) is 81.6 cm³/mol. The highest BCUT2D eigenvalue weighted by molar-refractivity contribution is 7.89. The summed E-state index contributed by atoms with van der Waals surface area (Å²) in [6, 6.07) is 8.48. The van der Waals surface area contributed by atoms with Crippen LogP contribution in [0.25, 0.3) is 0 Å². The standard InChI is InChI=1S/C15H18N2O3S/c1-11-4-6-13(7-5-11)12(2)17(3)21(19,20)15-10-16-9-8-14(15)18/h4-10,12H,1-3H3,(H,16,18). The molecule has 1 heterocycles. The molecule has 2 rings (SSSR count). The third kappa shape index (κ3) is 3.06. The van der Waals surface area contributed by atoms with Crippen molar-refractivity contribution in [1.29, 1.82) is 0 Å². The lowest BCUT2D eigenvalue weighted by atomic mass is 10.1. The van der Waals surface area contributed by atoms with E-state index in [1.165, 1.54) is 29.8 Å². The van der Waals surface area contributed by atoms with Gasteiger partial charge < -0.3 is 4.98 Å². The van der Waals surface area contributed by atoms with Gasteiger partial charge in [-0.05, 0) is 19.4 Å². The minimum atomic E-state index is -3.84. The summed E-state index contributed by atoms with van der Waals surface area (Å²) < 4.78 is 26.3. The SMILES string of the molecule is Cc1ccc(C(C)N(C)S(=O)(=O)c2c[nH]ccc2=O)cc1. The van der Waals surface area contributed by atoms with Gasteiger partial charge in [0, 0.05) is 31.5 Å². The van der Waals surface area contributed by atoms with E-state index in [1.54, 1.807) is 6.92 Å². The van der Waals surface area contributed by atoms with Crippen LogP contribution in [0.2, 0.25) is 0 Å². The Bertz CT molecular complexity index is 779. The van der Waals surface area contributed by atoms with Crippen molar-refractivity contribution >= 4 is 10.0 Å². The molecule has 6 heteroatoms. The van der Waals surface area contributed by atoms with E-state index in [-0.39, 0.29) is 10.9 Å². The number of aromatic nitrogens is 1. The molecule has 1 atom stereocenters. The number of aromatic amines is 1. The summed E-state index contributed by atoms with van der Waals surface area (Å²) in [6.45, 7) is 3.76. The van der Waals surface area contributed by atoms with E-state index in [0.29, 0.717) is 0 Å². The summed E-state index contributed by atoms with van der Waals surface area (Å²) in [5, 5.41) is 0. The topological polar surface area (TPSA) is 70.2 Å². The molecule has 0 aliphatic carbocycles. The van der Waals surface area contributed by atoms with Crippen molar-refractivity contribution < 1.29 is 8.42 Å². The molecule has 0 bridgehead atoms. The first-order valence-electron chi connectivity index (χ1n) is 6.55. The lowest BCUT2D eigenvalue weighted by Gasteiger charge is -2.24. The molecule has 21 heavy (non-hydrogen) atoms. The van der Waals surface area contributed by atoms with Gasteiger partial charge in [-0.2, -0.15) is 4.31 Å². The highest BCUT2D eigenvalue weighted by atomic mass is 32.2. The molecule has 0 fully saturated rings. The third-order valence-electron chi connectivity index (χ3n) is 3.55. The first-order valence-corrected chi connectivity index (χ1v) is 8.00. The zero-order valence-corrected chi connectivity index (χ0v) is 13.0. The van der Waals surface area contributed by atoms with Crippen LogP contribution >= 0.6 is 0 Å². The lowest BCUT2D eigenvalue weighted by molar-refractivity contribution is 0.398. The zero-order chi connectivity index (χ0) is 15.6. The molecule has 0 aliphatic rings. The molecular weight excluding hydrogens is 288 g/mol. The Balaban J connectivity index is 2.39. The molecular formula is C15H18N2O3S. The van der Waals surface area contributed by atoms with Crippen molar-refractivity contribution in [3.63, 3.8) is 0 Å². The van der Waals surface area contributed by atoms with Crippen LogP contribution in [0.3, 0.4) is 0 Å². The Morgan fingerprint density at radius 1 is 1.14 bits per heavy atom. The van der Waals surface area contributed by atoms with E-state index < -0.39 is 15.5 Å². The molecule has 1 aromatic carbocycles. The van der Waals surface area contributed by atoms with Crippen molar-refractivity contribution in [2.45, 2.75) is 24.8 Å². The van der Waals surface area contributed by atoms with Gasteiger partial charge in [-0.3, -0.25) is 4.79 Å². The van der Waals surface area contributed by atoms with E-state index in [2.05, 4.69) is 4.98 Å². The number of hydrogen-bond acceptors (Lipinski definition) is 3. The van der Waals surface area contributed by atoms with Gasteiger partial charge in [-0.1, -0.05) is 29.8 Å². The summed E-state index contributed by atoms with van der Waals surface area (Å²) in [4.78, 5) is 14.1. The molecule has 0 aliphatic heterocycles. The number of H-pyrrole nitrogens is 1. The fraction of sp³-hybridized carbons (Fsp3) is 0.267. The summed E-state index contributed by atoms with van der Waals surface area (Å²) in [5.74, 6) is 0. The second kappa shape index (κ2) is 5.83. The van der Waals surface area contributed by atoms with Crippen molar-refractivity contribution in [1.82, 2.24) is 9.29 Å². The van der Waals surface area contributed by atoms with Crippen LogP contribution in [0.15, 0.2) is 52.4 Å². The normalized spacial score (nSPS) is 13.3. The Hall–Kier alpha value is -1.92. The van der Waals surface area contributed by atoms with Gasteiger partial charge in [-0.15, -0.1) is 0 Å². The number of nitrogens with zero attached hydrogens (tertiary/aromatic N) is 1. The molecule has 0 saturated carbocycles. The van der Waals surface area contributed by atoms with Gasteiger partial charge >= 0.3 is 0 Å². The van der Waals surface area contributed by atoms with Gasteiger partial charge in [0.15, 0.2) is 0 Å². The van der Waals surface area contributed by atoms with Gasteiger partial charge in [0.2, 0.25) is 15.5 Å². The molecule has 0 saturated heterocycles. The summed E-state index contributed by atoms with van der Waals surface area (Å²) in [7, 11) is -2.36. The van der Waals surface area contributed by atoms with Crippen LogP contribution in [0.5, 0.6) is 0 Å². The second-order valence-corrected chi connectivity index (χ2v) is 6.95. The summed E-state index contributed by atoms with van der Waals surface area (Å²) in [6.07, 6.45) is 2.63. The van der Waals surface area contributed by atoms with Gasteiger partial charge in [-0.25, -0.2) is 8.42 Å². The second-order valence-electron chi connectivity index (χ2n) is 4.98. The summed E-state index contributed by atoms with van der Waals surface area (Å²) in [5.41, 5.74) is 1.46. The first kappa shape index (κ1) is 15.5. The van der Waals surface area contributed by atoms with Crippen LogP contribution in [0.4, 0.5) is 0 Å². The van der Waals surface area contributed by atoms with Crippen molar-refractivity contribution in [2.24, 2.45) is 0 Å². The molecule has 0 amide bonds. The minimum Gasteiger partial charge on any atom is -0.366 e. The molecule has 1 aromatic heterocycles. The molecule has 5 nitrogen and oxygen atoms in total. The highest BCUT2D eigenvalue weighted by Gasteiger charge is 2.28. The number of rotatable bonds is 4. The fourth-order valence-corrected chi connectivity index (χ4v) is 3.41. The maximum Gasteiger partial charge on any atom is 0.248 e. The van der Waals surface area contributed by atoms with Crippen LogP contribution < -0.4 is 5.43 Å². The third-order valence-corrected chi connectivity index (χ3v) is 5.50. The largest absolute Gasteiger partial charge is 0.366 e. The van der Waals surface area contributed by atoms with Crippen LogP contribution in [0.1, 0.15) is 24.1 Å². The Morgan fingerprint density at radius 3 is 2.33 bits per heavy atom. The first-order chi connectivity index (χ1) is 9.84. The number of aryl methyl sites for hydroxylation is 1. The maximum absolute atomic E-state index is 12.5. The van der Waals surface area contributed by atoms with E-state index >= 15 is 0 Å². The van der Waals surface area contributed by atoms with Crippen molar-refractivity contribution in [3.05, 3.63) is 64.1 Å². The van der Waals surface area contributed by atoms with E-state index in [0.717, 1.165) is 11.1 Å². The quantitative estimate of drug-likeness (QED) is 0.940. The number of nitrogens with one attached hydrogen (secondary N) is 1. The molecule has 1 unspecified atom stereocenters. The zero-order valence-electron chi connectivity index (χ0n) is 12.2. The van der Waals surface area contributed by atoms with E-state index in [1.807, 2.05) is 31.2 Å². The molecule has 112 valence electrons. The molecule has 1 N–H and O–H groups in total. The van der Waals surface area contributed by atoms with Crippen LogP contribution in [-0.2, 0) is 10.0 Å². The molecule has 0 spiro atoms. The Morgan fingerprint density at radius 2 is 1.76 bits per heavy atom. The van der Waals surface area contributed by atoms with Gasteiger partial charge in [0.1, 0.15) is 4.90 Å². The van der Waals surface area contributed by atoms with E-state index in [4.69, 9.17) is 0 Å². The monoisotopic (exact) mass is 306 g/mol. The predicted octanol–water partition coefficient (Wildman–Crippen LogP) is 2.07. The van der Waals surface area contributed by atoms with Crippen molar-refractivity contribution in [3.8, 4) is 0 Å². The van der Waals surface area contributed by atoms with Gasteiger partial charge in [0.05, 0.1) is 0 Å². The maximum atomic E-state index is 12.5. The number of benzene rings is 1. The average Bonchev–Trinajstić information content (AvgIpc) is 2.46. The highest BCUT2D eigenvalue weighted by Crippen LogP contribution is 2.24. The smallest absolute Gasteiger partial charge is 0.248 e. The lowest BCUT2D eigenvalue weighted by Crippen LogP contribution is -2.32. The Kier molecular flexibility index (Phi) is 4.29. The minimum absolute atomic E-state index is 0.244. The van der Waals surface area contributed by atoms with Crippen LogP contribution in [0, 0.1) is 6.92 Å². The van der Waals surface area contributed by atoms with E-state index in [9.17, 15) is 13.2 Å². The number of sulfonamides is 1. The molecule has 0 radical (unpaired) electrons.